The molecule has 1 atom stereocenters. The van der Waals surface area contributed by atoms with Gasteiger partial charge in [0, 0.05) is 5.69 Å². The van der Waals surface area contributed by atoms with Crippen molar-refractivity contribution in [2.24, 2.45) is 5.92 Å². The van der Waals surface area contributed by atoms with Gasteiger partial charge in [-0.3, -0.25) is 4.79 Å². The first-order chi connectivity index (χ1) is 15.8. The molecule has 6 nitrogen and oxygen atoms in total. The highest BCUT2D eigenvalue weighted by molar-refractivity contribution is 7.22. The van der Waals surface area contributed by atoms with Gasteiger partial charge in [-0.1, -0.05) is 67.1 Å². The first-order valence-electron chi connectivity index (χ1n) is 10.4. The lowest BCUT2D eigenvalue weighted by atomic mass is 10.0. The summed E-state index contributed by atoms with van der Waals surface area (Å²) in [6, 6.07) is 19.9. The molecule has 3 N–H and O–H groups in total. The van der Waals surface area contributed by atoms with E-state index < -0.39 is 17.9 Å². The number of nitrogens with one attached hydrogen (secondary N) is 2. The fraction of sp³-hybridized carbons (Fsp3) is 0.160. The van der Waals surface area contributed by atoms with Crippen molar-refractivity contribution >= 4 is 55.8 Å². The van der Waals surface area contributed by atoms with Crippen molar-refractivity contribution in [1.82, 2.24) is 10.3 Å². The Kier molecular flexibility index (Phi) is 6.62. The summed E-state index contributed by atoms with van der Waals surface area (Å²) in [5, 5.41) is 16.2. The smallest absolute Gasteiger partial charge is 0.326 e. The van der Waals surface area contributed by atoms with Crippen molar-refractivity contribution in [3.8, 4) is 11.1 Å². The number of amides is 1. The monoisotopic (exact) mass is 479 g/mol. The molecule has 1 aromatic heterocycles. The molecule has 0 aliphatic rings. The van der Waals surface area contributed by atoms with Crippen molar-refractivity contribution in [1.29, 1.82) is 0 Å². The van der Waals surface area contributed by atoms with E-state index in [9.17, 15) is 14.7 Å². The Labute approximate surface area is 200 Å². The molecule has 1 amide bonds. The maximum atomic E-state index is 12.5. The van der Waals surface area contributed by atoms with Crippen LogP contribution in [0.4, 0.5) is 10.8 Å². The van der Waals surface area contributed by atoms with E-state index in [0.717, 1.165) is 32.2 Å². The number of hydrogen-bond donors (Lipinski definition) is 3. The fourth-order valence-electron chi connectivity index (χ4n) is 3.41. The first kappa shape index (κ1) is 22.8. The normalized spacial score (nSPS) is 12.0. The summed E-state index contributed by atoms with van der Waals surface area (Å²) in [5.74, 6) is -1.84. The minimum atomic E-state index is -1.08. The number of carboxylic acid groups (broad SMARTS) is 1. The van der Waals surface area contributed by atoms with Gasteiger partial charge < -0.3 is 15.7 Å². The molecule has 4 aromatic rings. The second kappa shape index (κ2) is 9.60. The maximum Gasteiger partial charge on any atom is 0.326 e. The standard InChI is InChI=1S/C25H22ClN3O3S/c1-14(2)22(24(31)32)29-23(30)18-12-9-16(13-19(18)26)15-7-10-17(11-8-15)27-25-28-20-5-3-4-6-21(20)33-25/h3-14,22H,1-2H3,(H,27,28)(H,29,30)(H,31,32)/t22-/m0/s1. The molecule has 3 aromatic carbocycles. The van der Waals surface area contributed by atoms with E-state index in [1.165, 1.54) is 0 Å². The van der Waals surface area contributed by atoms with Crippen molar-refractivity contribution in [2.75, 3.05) is 5.32 Å². The van der Waals surface area contributed by atoms with Crippen molar-refractivity contribution < 1.29 is 14.7 Å². The van der Waals surface area contributed by atoms with Crippen LogP contribution in [0.25, 0.3) is 21.3 Å². The number of carbonyl (C=O) groups is 2. The maximum absolute atomic E-state index is 12.5. The molecular weight excluding hydrogens is 458 g/mol. The lowest BCUT2D eigenvalue weighted by molar-refractivity contribution is -0.140. The van der Waals surface area contributed by atoms with Crippen molar-refractivity contribution in [3.05, 3.63) is 77.3 Å². The summed E-state index contributed by atoms with van der Waals surface area (Å²) in [6.07, 6.45) is 0. The number of para-hydroxylation sites is 1. The molecule has 0 aliphatic heterocycles. The SMILES string of the molecule is CC(C)[C@H](NC(=O)c1ccc(-c2ccc(Nc3nc4ccccc4s3)cc2)cc1Cl)C(=O)O. The summed E-state index contributed by atoms with van der Waals surface area (Å²) >= 11 is 7.96. The zero-order valence-corrected chi connectivity index (χ0v) is 19.6. The predicted molar refractivity (Wildman–Crippen MR) is 134 cm³/mol. The Morgan fingerprint density at radius 3 is 2.33 bits per heavy atom. The van der Waals surface area contributed by atoms with Gasteiger partial charge in [-0.05, 0) is 53.4 Å². The van der Waals surface area contributed by atoms with Crippen LogP contribution >= 0.6 is 22.9 Å². The third kappa shape index (κ3) is 5.16. The number of thiazole rings is 1. The summed E-state index contributed by atoms with van der Waals surface area (Å²) < 4.78 is 1.12. The lowest BCUT2D eigenvalue weighted by Gasteiger charge is -2.18. The molecule has 0 spiro atoms. The van der Waals surface area contributed by atoms with Crippen LogP contribution in [-0.4, -0.2) is 28.0 Å². The van der Waals surface area contributed by atoms with Gasteiger partial charge in [-0.15, -0.1) is 0 Å². The third-order valence-corrected chi connectivity index (χ3v) is 6.46. The van der Waals surface area contributed by atoms with Crippen LogP contribution < -0.4 is 10.6 Å². The Hall–Kier alpha value is -3.42. The van der Waals surface area contributed by atoms with Crippen LogP contribution in [-0.2, 0) is 4.79 Å². The minimum Gasteiger partial charge on any atom is -0.480 e. The van der Waals surface area contributed by atoms with Crippen LogP contribution in [0.3, 0.4) is 0 Å². The van der Waals surface area contributed by atoms with Crippen molar-refractivity contribution in [3.63, 3.8) is 0 Å². The fourth-order valence-corrected chi connectivity index (χ4v) is 4.56. The number of aliphatic carboxylic acids is 1. The molecule has 0 saturated heterocycles. The highest BCUT2D eigenvalue weighted by Crippen LogP contribution is 2.30. The summed E-state index contributed by atoms with van der Waals surface area (Å²) in [4.78, 5) is 28.5. The van der Waals surface area contributed by atoms with E-state index in [-0.39, 0.29) is 16.5 Å². The van der Waals surface area contributed by atoms with Crippen molar-refractivity contribution in [2.45, 2.75) is 19.9 Å². The Morgan fingerprint density at radius 2 is 1.70 bits per heavy atom. The van der Waals surface area contributed by atoms with Crippen LogP contribution in [0.1, 0.15) is 24.2 Å². The number of hydrogen-bond acceptors (Lipinski definition) is 5. The van der Waals surface area contributed by atoms with Crippen LogP contribution in [0.15, 0.2) is 66.7 Å². The summed E-state index contributed by atoms with van der Waals surface area (Å²) in [7, 11) is 0. The Bertz CT molecular complexity index is 1290. The van der Waals surface area contributed by atoms with Crippen LogP contribution in [0.5, 0.6) is 0 Å². The first-order valence-corrected chi connectivity index (χ1v) is 11.6. The van der Waals surface area contributed by atoms with E-state index >= 15 is 0 Å². The largest absolute Gasteiger partial charge is 0.480 e. The topological polar surface area (TPSA) is 91.3 Å². The number of carboxylic acids is 1. The molecule has 0 radical (unpaired) electrons. The number of carbonyl (C=O) groups excluding carboxylic acids is 1. The highest BCUT2D eigenvalue weighted by Gasteiger charge is 2.24. The number of fused-ring (bicyclic) bond motifs is 1. The van der Waals surface area contributed by atoms with Crippen LogP contribution in [0.2, 0.25) is 5.02 Å². The quantitative estimate of drug-likeness (QED) is 0.293. The van der Waals surface area contributed by atoms with Gasteiger partial charge in [0.1, 0.15) is 6.04 Å². The molecule has 1 heterocycles. The summed E-state index contributed by atoms with van der Waals surface area (Å²) in [5.41, 5.74) is 3.89. The molecule has 0 aliphatic carbocycles. The van der Waals surface area contributed by atoms with E-state index in [1.54, 1.807) is 43.4 Å². The number of aromatic nitrogens is 1. The average Bonchev–Trinajstić information content (AvgIpc) is 3.19. The van der Waals surface area contributed by atoms with E-state index in [2.05, 4.69) is 15.6 Å². The second-order valence-corrected chi connectivity index (χ2v) is 9.35. The van der Waals surface area contributed by atoms with Crippen LogP contribution in [0, 0.1) is 5.92 Å². The van der Waals surface area contributed by atoms with E-state index in [4.69, 9.17) is 11.6 Å². The highest BCUT2D eigenvalue weighted by atomic mass is 35.5. The number of rotatable bonds is 7. The Balaban J connectivity index is 1.48. The molecule has 4 rings (SSSR count). The van der Waals surface area contributed by atoms with Gasteiger partial charge in [0.2, 0.25) is 0 Å². The zero-order valence-electron chi connectivity index (χ0n) is 18.0. The summed E-state index contributed by atoms with van der Waals surface area (Å²) in [6.45, 7) is 3.47. The molecule has 168 valence electrons. The molecular formula is C25H22ClN3O3S. The molecule has 0 bridgehead atoms. The molecule has 0 unspecified atom stereocenters. The number of halogens is 1. The third-order valence-electron chi connectivity index (χ3n) is 5.20. The van der Waals surface area contributed by atoms with Gasteiger partial charge in [0.15, 0.2) is 5.13 Å². The molecule has 8 heteroatoms. The molecule has 0 fully saturated rings. The van der Waals surface area contributed by atoms with E-state index in [1.807, 2.05) is 48.5 Å². The predicted octanol–water partition coefficient (Wildman–Crippen LogP) is 6.20. The number of benzene rings is 3. The zero-order chi connectivity index (χ0) is 23.5. The number of nitrogens with zero attached hydrogens (tertiary/aromatic N) is 1. The number of anilines is 2. The minimum absolute atomic E-state index is 0.237. The molecule has 0 saturated carbocycles. The van der Waals surface area contributed by atoms with Gasteiger partial charge in [-0.2, -0.15) is 0 Å². The van der Waals surface area contributed by atoms with E-state index in [0.29, 0.717) is 0 Å². The van der Waals surface area contributed by atoms with Gasteiger partial charge in [-0.25, -0.2) is 9.78 Å². The van der Waals surface area contributed by atoms with Gasteiger partial charge in [0.25, 0.3) is 5.91 Å². The average molecular weight is 480 g/mol. The van der Waals surface area contributed by atoms with Gasteiger partial charge >= 0.3 is 5.97 Å². The Morgan fingerprint density at radius 1 is 1.00 bits per heavy atom. The van der Waals surface area contributed by atoms with Gasteiger partial charge in [0.05, 0.1) is 20.8 Å². The lowest BCUT2D eigenvalue weighted by Crippen LogP contribution is -2.44. The molecule has 33 heavy (non-hydrogen) atoms. The second-order valence-electron chi connectivity index (χ2n) is 7.92.